The van der Waals surface area contributed by atoms with Crippen LogP contribution in [0.15, 0.2) is 23.7 Å². The van der Waals surface area contributed by atoms with E-state index in [1.807, 2.05) is 11.6 Å². The number of allylic oxidation sites excluding steroid dienone is 1. The van der Waals surface area contributed by atoms with Crippen molar-refractivity contribution in [3.8, 4) is 0 Å². The normalized spacial score (nSPS) is 35.5. The molecule has 0 aliphatic heterocycles. The molecule has 1 aromatic rings. The molecule has 0 spiro atoms. The van der Waals surface area contributed by atoms with E-state index in [2.05, 4.69) is 22.5 Å². The maximum atomic E-state index is 4.24. The van der Waals surface area contributed by atoms with Crippen molar-refractivity contribution in [2.75, 3.05) is 5.32 Å². The first-order valence-corrected chi connectivity index (χ1v) is 5.64. The fourth-order valence-corrected chi connectivity index (χ4v) is 2.93. The van der Waals surface area contributed by atoms with Gasteiger partial charge in [-0.15, -0.1) is 11.3 Å². The van der Waals surface area contributed by atoms with Crippen LogP contribution in [-0.4, -0.2) is 11.0 Å². The van der Waals surface area contributed by atoms with E-state index in [0.29, 0.717) is 6.04 Å². The molecule has 2 aliphatic rings. The lowest BCUT2D eigenvalue weighted by atomic mass is 9.71. The molecule has 1 N–H and O–H groups in total. The Morgan fingerprint density at radius 3 is 3.31 bits per heavy atom. The molecule has 1 heterocycles. The number of thiazole rings is 1. The van der Waals surface area contributed by atoms with Crippen LogP contribution < -0.4 is 5.32 Å². The minimum Gasteiger partial charge on any atom is -0.358 e. The van der Waals surface area contributed by atoms with E-state index in [1.54, 1.807) is 11.3 Å². The van der Waals surface area contributed by atoms with E-state index >= 15 is 0 Å². The summed E-state index contributed by atoms with van der Waals surface area (Å²) in [6.07, 6.45) is 9.14. The zero-order valence-electron chi connectivity index (χ0n) is 7.31. The van der Waals surface area contributed by atoms with Gasteiger partial charge in [-0.05, 0) is 18.8 Å². The molecule has 1 aromatic heterocycles. The number of nitrogens with zero attached hydrogens (tertiary/aromatic N) is 1. The SMILES string of the molecule is C1=CC2C(C1)CC2Nc1nccs1. The quantitative estimate of drug-likeness (QED) is 0.728. The molecule has 0 bridgehead atoms. The van der Waals surface area contributed by atoms with Gasteiger partial charge in [-0.25, -0.2) is 4.98 Å². The average molecular weight is 192 g/mol. The Bertz CT molecular complexity index is 318. The van der Waals surface area contributed by atoms with Crippen LogP contribution in [0, 0.1) is 11.8 Å². The van der Waals surface area contributed by atoms with Gasteiger partial charge in [-0.3, -0.25) is 0 Å². The van der Waals surface area contributed by atoms with Crippen LogP contribution in [0.5, 0.6) is 0 Å². The second-order valence-corrected chi connectivity index (χ2v) is 4.72. The predicted octanol–water partition coefficient (Wildman–Crippen LogP) is 2.52. The van der Waals surface area contributed by atoms with E-state index in [4.69, 9.17) is 0 Å². The van der Waals surface area contributed by atoms with E-state index in [0.717, 1.165) is 17.0 Å². The highest BCUT2D eigenvalue weighted by Gasteiger charge is 2.41. The molecule has 2 nitrogen and oxygen atoms in total. The number of hydrogen-bond acceptors (Lipinski definition) is 3. The number of anilines is 1. The van der Waals surface area contributed by atoms with Crippen LogP contribution in [0.2, 0.25) is 0 Å². The van der Waals surface area contributed by atoms with E-state index < -0.39 is 0 Å². The van der Waals surface area contributed by atoms with Crippen molar-refractivity contribution in [2.24, 2.45) is 11.8 Å². The molecule has 13 heavy (non-hydrogen) atoms. The Kier molecular flexibility index (Phi) is 1.65. The highest BCUT2D eigenvalue weighted by Crippen LogP contribution is 2.44. The van der Waals surface area contributed by atoms with Crippen LogP contribution in [0.25, 0.3) is 0 Å². The molecule has 3 rings (SSSR count). The summed E-state index contributed by atoms with van der Waals surface area (Å²) >= 11 is 1.69. The van der Waals surface area contributed by atoms with Crippen LogP contribution in [0.3, 0.4) is 0 Å². The van der Waals surface area contributed by atoms with E-state index in [-0.39, 0.29) is 0 Å². The molecule has 3 atom stereocenters. The molecule has 2 aliphatic carbocycles. The van der Waals surface area contributed by atoms with Gasteiger partial charge in [-0.1, -0.05) is 12.2 Å². The molecule has 0 radical (unpaired) electrons. The van der Waals surface area contributed by atoms with Gasteiger partial charge in [0.2, 0.25) is 0 Å². The Balaban J connectivity index is 1.66. The third-order valence-electron chi connectivity index (χ3n) is 3.10. The van der Waals surface area contributed by atoms with Gasteiger partial charge in [-0.2, -0.15) is 0 Å². The zero-order chi connectivity index (χ0) is 8.67. The zero-order valence-corrected chi connectivity index (χ0v) is 8.13. The van der Waals surface area contributed by atoms with Gasteiger partial charge in [0.15, 0.2) is 5.13 Å². The number of aromatic nitrogens is 1. The summed E-state index contributed by atoms with van der Waals surface area (Å²) in [5.41, 5.74) is 0. The third-order valence-corrected chi connectivity index (χ3v) is 3.81. The molecule has 3 heteroatoms. The smallest absolute Gasteiger partial charge is 0.182 e. The average Bonchev–Trinajstić information content (AvgIpc) is 2.69. The fourth-order valence-electron chi connectivity index (χ4n) is 2.34. The predicted molar refractivity (Wildman–Crippen MR) is 54.9 cm³/mol. The summed E-state index contributed by atoms with van der Waals surface area (Å²) in [6.45, 7) is 0. The van der Waals surface area contributed by atoms with Crippen LogP contribution in [-0.2, 0) is 0 Å². The summed E-state index contributed by atoms with van der Waals surface area (Å²) in [5, 5.41) is 6.58. The largest absolute Gasteiger partial charge is 0.358 e. The summed E-state index contributed by atoms with van der Waals surface area (Å²) in [5.74, 6) is 1.71. The highest BCUT2D eigenvalue weighted by molar-refractivity contribution is 7.13. The minimum absolute atomic E-state index is 0.648. The van der Waals surface area contributed by atoms with Crippen molar-refractivity contribution in [1.29, 1.82) is 0 Å². The maximum absolute atomic E-state index is 4.24. The lowest BCUT2D eigenvalue weighted by molar-refractivity contribution is 0.218. The van der Waals surface area contributed by atoms with Crippen LogP contribution >= 0.6 is 11.3 Å². The summed E-state index contributed by atoms with van der Waals surface area (Å²) < 4.78 is 0. The van der Waals surface area contributed by atoms with Crippen molar-refractivity contribution in [3.05, 3.63) is 23.7 Å². The first-order valence-electron chi connectivity index (χ1n) is 4.76. The molecule has 3 unspecified atom stereocenters. The summed E-state index contributed by atoms with van der Waals surface area (Å²) in [6, 6.07) is 0.648. The highest BCUT2D eigenvalue weighted by atomic mass is 32.1. The maximum Gasteiger partial charge on any atom is 0.182 e. The van der Waals surface area contributed by atoms with Crippen molar-refractivity contribution in [3.63, 3.8) is 0 Å². The molecule has 1 saturated carbocycles. The number of hydrogen-bond donors (Lipinski definition) is 1. The van der Waals surface area contributed by atoms with Crippen molar-refractivity contribution in [2.45, 2.75) is 18.9 Å². The Hall–Kier alpha value is -0.830. The number of fused-ring (bicyclic) bond motifs is 1. The minimum atomic E-state index is 0.648. The monoisotopic (exact) mass is 192 g/mol. The van der Waals surface area contributed by atoms with Gasteiger partial charge < -0.3 is 5.32 Å². The molecule has 0 aromatic carbocycles. The second kappa shape index (κ2) is 2.84. The topological polar surface area (TPSA) is 24.9 Å². The standard InChI is InChI=1S/C10H12N2S/c1-2-7-6-9(8(7)3-1)12-10-11-4-5-13-10/h1,3-5,7-9H,2,6H2,(H,11,12). The first-order chi connectivity index (χ1) is 6.43. The van der Waals surface area contributed by atoms with Gasteiger partial charge in [0.25, 0.3) is 0 Å². The molecule has 0 saturated heterocycles. The molecule has 0 amide bonds. The van der Waals surface area contributed by atoms with Crippen molar-refractivity contribution in [1.82, 2.24) is 4.98 Å². The van der Waals surface area contributed by atoms with Gasteiger partial charge in [0, 0.05) is 23.5 Å². The van der Waals surface area contributed by atoms with Gasteiger partial charge >= 0.3 is 0 Å². The summed E-state index contributed by atoms with van der Waals surface area (Å²) in [7, 11) is 0. The van der Waals surface area contributed by atoms with Crippen molar-refractivity contribution < 1.29 is 0 Å². The Morgan fingerprint density at radius 1 is 1.54 bits per heavy atom. The second-order valence-electron chi connectivity index (χ2n) is 3.83. The Morgan fingerprint density at radius 2 is 2.54 bits per heavy atom. The lowest BCUT2D eigenvalue weighted by Gasteiger charge is -2.40. The molecule has 1 fully saturated rings. The number of rotatable bonds is 2. The summed E-state index contributed by atoms with van der Waals surface area (Å²) in [4.78, 5) is 4.24. The molecule has 68 valence electrons. The van der Waals surface area contributed by atoms with E-state index in [1.165, 1.54) is 12.8 Å². The number of nitrogens with one attached hydrogen (secondary N) is 1. The molecular weight excluding hydrogens is 180 g/mol. The third kappa shape index (κ3) is 1.18. The Labute approximate surface area is 81.7 Å². The van der Waals surface area contributed by atoms with Crippen LogP contribution in [0.4, 0.5) is 5.13 Å². The fraction of sp³-hybridized carbons (Fsp3) is 0.500. The van der Waals surface area contributed by atoms with Crippen LogP contribution in [0.1, 0.15) is 12.8 Å². The van der Waals surface area contributed by atoms with Gasteiger partial charge in [0.05, 0.1) is 0 Å². The lowest BCUT2D eigenvalue weighted by Crippen LogP contribution is -2.43. The molecular formula is C10H12N2S. The van der Waals surface area contributed by atoms with Gasteiger partial charge in [0.1, 0.15) is 0 Å². The van der Waals surface area contributed by atoms with Crippen molar-refractivity contribution >= 4 is 16.5 Å². The first kappa shape index (κ1) is 7.56. The van der Waals surface area contributed by atoms with E-state index in [9.17, 15) is 0 Å².